The smallest absolute Gasteiger partial charge is 0.0771 e. The summed E-state index contributed by atoms with van der Waals surface area (Å²) >= 11 is 0. The van der Waals surface area contributed by atoms with Gasteiger partial charge in [-0.1, -0.05) is 18.2 Å². The highest BCUT2D eigenvalue weighted by molar-refractivity contribution is 5.98. The number of hydrogen-bond donors (Lipinski definition) is 1. The molecule has 1 unspecified atom stereocenters. The van der Waals surface area contributed by atoms with Gasteiger partial charge in [0.1, 0.15) is 0 Å². The maximum absolute atomic E-state index is 4.54. The molecule has 18 heavy (non-hydrogen) atoms. The van der Waals surface area contributed by atoms with Crippen LogP contribution in [0.2, 0.25) is 0 Å². The first kappa shape index (κ1) is 11.3. The van der Waals surface area contributed by atoms with Crippen LogP contribution >= 0.6 is 0 Å². The standard InChI is InChI=1S/C15H19N3/c1-3-18-11(2)8-9-16-14-10-17-13-7-5-4-6-12(13)15(14)18/h4-7,10-11,16H,3,8-9H2,1-2H3. The van der Waals surface area contributed by atoms with E-state index >= 15 is 0 Å². The Kier molecular flexibility index (Phi) is 2.82. The molecule has 3 heteroatoms. The SMILES string of the molecule is CCN1c2c(cnc3ccccc23)NCCC1C. The van der Waals surface area contributed by atoms with E-state index in [4.69, 9.17) is 0 Å². The highest BCUT2D eigenvalue weighted by atomic mass is 15.2. The summed E-state index contributed by atoms with van der Waals surface area (Å²) in [7, 11) is 0. The summed E-state index contributed by atoms with van der Waals surface area (Å²) in [6.45, 7) is 6.57. The molecule has 3 nitrogen and oxygen atoms in total. The third-order valence-electron chi connectivity index (χ3n) is 3.78. The van der Waals surface area contributed by atoms with Gasteiger partial charge in [-0.05, 0) is 26.3 Å². The normalized spacial score (nSPS) is 19.2. The van der Waals surface area contributed by atoms with Gasteiger partial charge in [0, 0.05) is 24.5 Å². The molecule has 2 aromatic rings. The lowest BCUT2D eigenvalue weighted by atomic mass is 10.1. The number of nitrogens with zero attached hydrogens (tertiary/aromatic N) is 2. The molecular formula is C15H19N3. The number of rotatable bonds is 1. The number of anilines is 2. The van der Waals surface area contributed by atoms with Gasteiger partial charge in [-0.2, -0.15) is 0 Å². The summed E-state index contributed by atoms with van der Waals surface area (Å²) < 4.78 is 0. The number of aromatic nitrogens is 1. The quantitative estimate of drug-likeness (QED) is 0.830. The molecular weight excluding hydrogens is 222 g/mol. The van der Waals surface area contributed by atoms with Crippen LogP contribution in [0.5, 0.6) is 0 Å². The van der Waals surface area contributed by atoms with Crippen LogP contribution in [0.25, 0.3) is 10.9 Å². The molecule has 1 aromatic heterocycles. The van der Waals surface area contributed by atoms with Gasteiger partial charge in [-0.3, -0.25) is 4.98 Å². The lowest BCUT2D eigenvalue weighted by Crippen LogP contribution is -2.32. The van der Waals surface area contributed by atoms with Crippen molar-refractivity contribution in [2.75, 3.05) is 23.3 Å². The fourth-order valence-electron chi connectivity index (χ4n) is 2.83. The zero-order valence-electron chi connectivity index (χ0n) is 11.0. The summed E-state index contributed by atoms with van der Waals surface area (Å²) in [6.07, 6.45) is 3.13. The van der Waals surface area contributed by atoms with E-state index in [1.807, 2.05) is 12.3 Å². The maximum Gasteiger partial charge on any atom is 0.0771 e. The molecule has 0 amide bonds. The van der Waals surface area contributed by atoms with E-state index in [0.29, 0.717) is 6.04 Å². The van der Waals surface area contributed by atoms with E-state index in [9.17, 15) is 0 Å². The Hall–Kier alpha value is -1.77. The van der Waals surface area contributed by atoms with Crippen molar-refractivity contribution in [1.29, 1.82) is 0 Å². The molecule has 1 atom stereocenters. The van der Waals surface area contributed by atoms with Gasteiger partial charge >= 0.3 is 0 Å². The molecule has 0 radical (unpaired) electrons. The van der Waals surface area contributed by atoms with E-state index in [0.717, 1.165) is 25.0 Å². The van der Waals surface area contributed by atoms with Gasteiger partial charge in [0.2, 0.25) is 0 Å². The Morgan fingerprint density at radius 3 is 3.06 bits per heavy atom. The average Bonchev–Trinajstić information content (AvgIpc) is 2.57. The Balaban J connectivity index is 2.28. The van der Waals surface area contributed by atoms with E-state index in [1.54, 1.807) is 0 Å². The van der Waals surface area contributed by atoms with Crippen molar-refractivity contribution in [3.63, 3.8) is 0 Å². The van der Waals surface area contributed by atoms with Crippen LogP contribution in [0.4, 0.5) is 11.4 Å². The molecule has 2 heterocycles. The van der Waals surface area contributed by atoms with Gasteiger partial charge in [-0.25, -0.2) is 0 Å². The largest absolute Gasteiger partial charge is 0.382 e. The van der Waals surface area contributed by atoms with Crippen molar-refractivity contribution in [3.05, 3.63) is 30.5 Å². The van der Waals surface area contributed by atoms with E-state index < -0.39 is 0 Å². The van der Waals surface area contributed by atoms with Crippen molar-refractivity contribution in [3.8, 4) is 0 Å². The molecule has 1 aliphatic rings. The second-order valence-corrected chi connectivity index (χ2v) is 4.89. The van der Waals surface area contributed by atoms with Gasteiger partial charge in [0.25, 0.3) is 0 Å². The van der Waals surface area contributed by atoms with Gasteiger partial charge < -0.3 is 10.2 Å². The first-order chi connectivity index (χ1) is 8.81. The van der Waals surface area contributed by atoms with E-state index in [2.05, 4.69) is 47.2 Å². The van der Waals surface area contributed by atoms with Crippen LogP contribution in [-0.4, -0.2) is 24.1 Å². The second kappa shape index (κ2) is 4.48. The Bertz CT molecular complexity index is 565. The minimum Gasteiger partial charge on any atom is -0.382 e. The summed E-state index contributed by atoms with van der Waals surface area (Å²) in [5, 5.41) is 4.76. The highest BCUT2D eigenvalue weighted by Gasteiger charge is 2.22. The number of hydrogen-bond acceptors (Lipinski definition) is 3. The van der Waals surface area contributed by atoms with Crippen LogP contribution in [0, 0.1) is 0 Å². The monoisotopic (exact) mass is 241 g/mol. The number of benzene rings is 1. The minimum atomic E-state index is 0.564. The van der Waals surface area contributed by atoms with Crippen molar-refractivity contribution in [2.45, 2.75) is 26.3 Å². The molecule has 1 aliphatic heterocycles. The zero-order chi connectivity index (χ0) is 12.5. The predicted molar refractivity (Wildman–Crippen MR) is 77.3 cm³/mol. The van der Waals surface area contributed by atoms with Crippen molar-refractivity contribution in [2.24, 2.45) is 0 Å². The Morgan fingerprint density at radius 2 is 2.22 bits per heavy atom. The number of nitrogens with one attached hydrogen (secondary N) is 1. The molecule has 0 aliphatic carbocycles. The summed E-state index contributed by atoms with van der Waals surface area (Å²) in [4.78, 5) is 7.03. The molecule has 3 rings (SSSR count). The third-order valence-corrected chi connectivity index (χ3v) is 3.78. The van der Waals surface area contributed by atoms with Crippen LogP contribution < -0.4 is 10.2 Å². The number of para-hydroxylation sites is 1. The first-order valence-corrected chi connectivity index (χ1v) is 6.69. The van der Waals surface area contributed by atoms with Crippen LogP contribution in [0.15, 0.2) is 30.5 Å². The van der Waals surface area contributed by atoms with Gasteiger partial charge in [0.05, 0.1) is 23.1 Å². The van der Waals surface area contributed by atoms with Crippen molar-refractivity contribution >= 4 is 22.3 Å². The van der Waals surface area contributed by atoms with E-state index in [1.165, 1.54) is 16.8 Å². The zero-order valence-corrected chi connectivity index (χ0v) is 11.0. The Labute approximate surface area is 108 Å². The molecule has 0 saturated heterocycles. The summed E-state index contributed by atoms with van der Waals surface area (Å²) in [5.74, 6) is 0. The summed E-state index contributed by atoms with van der Waals surface area (Å²) in [6, 6.07) is 8.96. The molecule has 0 saturated carbocycles. The third kappa shape index (κ3) is 1.70. The molecule has 94 valence electrons. The van der Waals surface area contributed by atoms with Crippen LogP contribution in [0.3, 0.4) is 0 Å². The molecule has 0 fully saturated rings. The second-order valence-electron chi connectivity index (χ2n) is 4.89. The van der Waals surface area contributed by atoms with Crippen molar-refractivity contribution in [1.82, 2.24) is 4.98 Å². The van der Waals surface area contributed by atoms with Crippen LogP contribution in [-0.2, 0) is 0 Å². The highest BCUT2D eigenvalue weighted by Crippen LogP contribution is 2.36. The molecule has 0 bridgehead atoms. The van der Waals surface area contributed by atoms with Crippen LogP contribution in [0.1, 0.15) is 20.3 Å². The summed E-state index contributed by atoms with van der Waals surface area (Å²) in [5.41, 5.74) is 3.55. The van der Waals surface area contributed by atoms with E-state index in [-0.39, 0.29) is 0 Å². The van der Waals surface area contributed by atoms with Crippen molar-refractivity contribution < 1.29 is 0 Å². The first-order valence-electron chi connectivity index (χ1n) is 6.69. The maximum atomic E-state index is 4.54. The fourth-order valence-corrected chi connectivity index (χ4v) is 2.83. The lowest BCUT2D eigenvalue weighted by Gasteiger charge is -2.29. The molecule has 0 spiro atoms. The fraction of sp³-hybridized carbons (Fsp3) is 0.400. The molecule has 1 N–H and O–H groups in total. The minimum absolute atomic E-state index is 0.564. The molecule has 1 aromatic carbocycles. The Morgan fingerprint density at radius 1 is 1.39 bits per heavy atom. The topological polar surface area (TPSA) is 28.2 Å². The lowest BCUT2D eigenvalue weighted by molar-refractivity contribution is 0.628. The predicted octanol–water partition coefficient (Wildman–Crippen LogP) is 3.27. The average molecular weight is 241 g/mol. The number of fused-ring (bicyclic) bond motifs is 3. The van der Waals surface area contributed by atoms with Gasteiger partial charge in [0.15, 0.2) is 0 Å². The van der Waals surface area contributed by atoms with Gasteiger partial charge in [-0.15, -0.1) is 0 Å². The number of pyridine rings is 1.